The minimum absolute atomic E-state index is 0.0369. The molecule has 1 aromatic rings. The lowest BCUT2D eigenvalue weighted by molar-refractivity contribution is -0.120. The van der Waals surface area contributed by atoms with Gasteiger partial charge >= 0.3 is 0 Å². The molecule has 0 aliphatic carbocycles. The van der Waals surface area contributed by atoms with Gasteiger partial charge in [-0.15, -0.1) is 0 Å². The van der Waals surface area contributed by atoms with Crippen molar-refractivity contribution in [3.05, 3.63) is 23.7 Å². The van der Waals surface area contributed by atoms with E-state index in [1.807, 2.05) is 19.1 Å². The maximum absolute atomic E-state index is 12.0. The summed E-state index contributed by atoms with van der Waals surface area (Å²) >= 11 is 0. The number of sulfonamides is 1. The molecule has 0 radical (unpaired) electrons. The van der Waals surface area contributed by atoms with E-state index in [-0.39, 0.29) is 18.5 Å². The summed E-state index contributed by atoms with van der Waals surface area (Å²) in [6, 6.07) is 3.96. The van der Waals surface area contributed by atoms with Crippen molar-refractivity contribution in [1.29, 1.82) is 0 Å². The molecule has 136 valence electrons. The van der Waals surface area contributed by atoms with E-state index in [1.54, 1.807) is 0 Å². The average molecular weight is 357 g/mol. The first-order valence-corrected chi connectivity index (χ1v) is 10.2. The van der Waals surface area contributed by atoms with Gasteiger partial charge in [0.05, 0.1) is 19.3 Å². The zero-order valence-corrected chi connectivity index (χ0v) is 15.4. The van der Waals surface area contributed by atoms with Gasteiger partial charge in [0, 0.05) is 19.1 Å². The Bertz CT molecular complexity index is 656. The maximum atomic E-state index is 12.0. The number of carbonyl (C=O) groups excluding carboxylic acids is 1. The first kappa shape index (κ1) is 19.0. The molecular formula is C16H27N3O4S. The summed E-state index contributed by atoms with van der Waals surface area (Å²) in [6.45, 7) is 6.20. The van der Waals surface area contributed by atoms with Crippen LogP contribution in [0.15, 0.2) is 16.5 Å². The molecule has 0 bridgehead atoms. The van der Waals surface area contributed by atoms with E-state index < -0.39 is 10.0 Å². The molecular weight excluding hydrogens is 330 g/mol. The summed E-state index contributed by atoms with van der Waals surface area (Å²) in [6.07, 6.45) is 3.12. The summed E-state index contributed by atoms with van der Waals surface area (Å²) in [5.74, 6) is 1.90. The highest BCUT2D eigenvalue weighted by atomic mass is 32.2. The van der Waals surface area contributed by atoms with Crippen molar-refractivity contribution in [2.45, 2.75) is 39.3 Å². The van der Waals surface area contributed by atoms with E-state index in [0.717, 1.165) is 50.3 Å². The van der Waals surface area contributed by atoms with Crippen LogP contribution >= 0.6 is 0 Å². The molecule has 2 heterocycles. The molecule has 2 atom stereocenters. The van der Waals surface area contributed by atoms with Crippen LogP contribution in [-0.2, 0) is 21.4 Å². The van der Waals surface area contributed by atoms with E-state index in [2.05, 4.69) is 21.9 Å². The molecule has 1 aliphatic rings. The second kappa shape index (κ2) is 8.13. The van der Waals surface area contributed by atoms with Crippen LogP contribution in [0.3, 0.4) is 0 Å². The molecule has 0 unspecified atom stereocenters. The fourth-order valence-corrected chi connectivity index (χ4v) is 3.55. The number of rotatable bonds is 8. The topological polar surface area (TPSA) is 91.7 Å². The van der Waals surface area contributed by atoms with Crippen molar-refractivity contribution in [2.75, 3.05) is 25.9 Å². The van der Waals surface area contributed by atoms with Crippen molar-refractivity contribution in [3.63, 3.8) is 0 Å². The molecule has 8 heteroatoms. The third-order valence-corrected chi connectivity index (χ3v) is 4.86. The van der Waals surface area contributed by atoms with E-state index in [0.29, 0.717) is 5.92 Å². The highest BCUT2D eigenvalue weighted by Gasteiger charge is 2.33. The van der Waals surface area contributed by atoms with E-state index >= 15 is 0 Å². The predicted octanol–water partition coefficient (Wildman–Crippen LogP) is 0.854. The predicted molar refractivity (Wildman–Crippen MR) is 91.9 cm³/mol. The monoisotopic (exact) mass is 357 g/mol. The molecule has 1 saturated heterocycles. The van der Waals surface area contributed by atoms with Gasteiger partial charge in [-0.05, 0) is 31.4 Å². The molecule has 1 fully saturated rings. The Morgan fingerprint density at radius 1 is 1.38 bits per heavy atom. The standard InChI is InChI=1S/C16H27N3O4S/c1-4-5-13-9-19(10-14-7-6-12(2)23-14)11-15(13)18-16(20)8-17-24(3,21)22/h6-7,13,15,17H,4-5,8-11H2,1-3H3,(H,18,20)/t13-,15-/m0/s1. The van der Waals surface area contributed by atoms with Crippen LogP contribution in [-0.4, -0.2) is 51.2 Å². The zero-order valence-electron chi connectivity index (χ0n) is 14.5. The number of aryl methyl sites for hydroxylation is 1. The number of nitrogens with zero attached hydrogens (tertiary/aromatic N) is 1. The number of likely N-dealkylation sites (tertiary alicyclic amines) is 1. The second-order valence-corrected chi connectivity index (χ2v) is 8.36. The summed E-state index contributed by atoms with van der Waals surface area (Å²) in [5, 5.41) is 2.97. The third-order valence-electron chi connectivity index (χ3n) is 4.19. The Morgan fingerprint density at radius 2 is 2.12 bits per heavy atom. The van der Waals surface area contributed by atoms with Gasteiger partial charge in [0.1, 0.15) is 11.5 Å². The highest BCUT2D eigenvalue weighted by molar-refractivity contribution is 7.88. The molecule has 0 spiro atoms. The van der Waals surface area contributed by atoms with Crippen LogP contribution in [0.5, 0.6) is 0 Å². The smallest absolute Gasteiger partial charge is 0.235 e. The Balaban J connectivity index is 1.90. The number of amides is 1. The Kier molecular flexibility index (Phi) is 6.42. The minimum Gasteiger partial charge on any atom is -0.465 e. The van der Waals surface area contributed by atoms with E-state index in [4.69, 9.17) is 4.42 Å². The number of furan rings is 1. The third kappa shape index (κ3) is 5.92. The van der Waals surface area contributed by atoms with Gasteiger partial charge < -0.3 is 9.73 Å². The Hall–Kier alpha value is -1.38. The maximum Gasteiger partial charge on any atom is 0.235 e. The first-order chi connectivity index (χ1) is 11.3. The van der Waals surface area contributed by atoms with Gasteiger partial charge in [-0.1, -0.05) is 13.3 Å². The molecule has 24 heavy (non-hydrogen) atoms. The average Bonchev–Trinajstić information content (AvgIpc) is 3.04. The van der Waals surface area contributed by atoms with Crippen molar-refractivity contribution >= 4 is 15.9 Å². The van der Waals surface area contributed by atoms with Crippen LogP contribution in [0.4, 0.5) is 0 Å². The van der Waals surface area contributed by atoms with Crippen molar-refractivity contribution < 1.29 is 17.6 Å². The molecule has 7 nitrogen and oxygen atoms in total. The molecule has 2 N–H and O–H groups in total. The SMILES string of the molecule is CCC[C@H]1CN(Cc2ccc(C)o2)C[C@@H]1NC(=O)CNS(C)(=O)=O. The Morgan fingerprint density at radius 3 is 2.71 bits per heavy atom. The van der Waals surface area contributed by atoms with Crippen LogP contribution in [0.1, 0.15) is 31.3 Å². The first-order valence-electron chi connectivity index (χ1n) is 8.28. The number of nitrogens with one attached hydrogen (secondary N) is 2. The lowest BCUT2D eigenvalue weighted by atomic mass is 9.98. The molecule has 2 rings (SSSR count). The molecule has 1 amide bonds. The fourth-order valence-electron chi connectivity index (χ4n) is 3.16. The number of carbonyl (C=O) groups is 1. The van der Waals surface area contributed by atoms with Gasteiger partial charge in [0.15, 0.2) is 0 Å². The molecule has 1 aliphatic heterocycles. The largest absolute Gasteiger partial charge is 0.465 e. The lowest BCUT2D eigenvalue weighted by Crippen LogP contribution is -2.45. The second-order valence-electron chi connectivity index (χ2n) is 6.52. The quantitative estimate of drug-likeness (QED) is 0.720. The van der Waals surface area contributed by atoms with Gasteiger partial charge in [0.25, 0.3) is 0 Å². The molecule has 0 aromatic carbocycles. The van der Waals surface area contributed by atoms with Gasteiger partial charge in [-0.3, -0.25) is 9.69 Å². The zero-order chi connectivity index (χ0) is 17.7. The van der Waals surface area contributed by atoms with Crippen molar-refractivity contribution in [3.8, 4) is 0 Å². The molecule has 0 saturated carbocycles. The molecule has 1 aromatic heterocycles. The van der Waals surface area contributed by atoms with Crippen molar-refractivity contribution in [2.24, 2.45) is 5.92 Å². The van der Waals surface area contributed by atoms with Gasteiger partial charge in [0.2, 0.25) is 15.9 Å². The van der Waals surface area contributed by atoms with Crippen LogP contribution in [0, 0.1) is 12.8 Å². The van der Waals surface area contributed by atoms with Crippen molar-refractivity contribution in [1.82, 2.24) is 14.9 Å². The Labute approximate surface area is 143 Å². The number of hydrogen-bond donors (Lipinski definition) is 2. The van der Waals surface area contributed by atoms with Crippen LogP contribution < -0.4 is 10.0 Å². The van der Waals surface area contributed by atoms with Crippen LogP contribution in [0.25, 0.3) is 0 Å². The summed E-state index contributed by atoms with van der Waals surface area (Å²) in [4.78, 5) is 14.3. The highest BCUT2D eigenvalue weighted by Crippen LogP contribution is 2.24. The van der Waals surface area contributed by atoms with E-state index in [1.165, 1.54) is 0 Å². The minimum atomic E-state index is -3.36. The lowest BCUT2D eigenvalue weighted by Gasteiger charge is -2.19. The van der Waals surface area contributed by atoms with Gasteiger partial charge in [-0.2, -0.15) is 0 Å². The van der Waals surface area contributed by atoms with E-state index in [9.17, 15) is 13.2 Å². The normalized spacial score (nSPS) is 22.0. The van der Waals surface area contributed by atoms with Crippen LogP contribution in [0.2, 0.25) is 0 Å². The summed E-state index contributed by atoms with van der Waals surface area (Å²) in [5.41, 5.74) is 0. The fraction of sp³-hybridized carbons (Fsp3) is 0.688. The number of hydrogen-bond acceptors (Lipinski definition) is 5. The summed E-state index contributed by atoms with van der Waals surface area (Å²) < 4.78 is 30.0. The summed E-state index contributed by atoms with van der Waals surface area (Å²) in [7, 11) is -3.36. The van der Waals surface area contributed by atoms with Gasteiger partial charge in [-0.25, -0.2) is 13.1 Å².